The molecular formula is C16H28IN5OS. The molecule has 0 saturated heterocycles. The van der Waals surface area contributed by atoms with Crippen LogP contribution >= 0.6 is 35.3 Å². The molecular weight excluding hydrogens is 437 g/mol. The highest BCUT2D eigenvalue weighted by Gasteiger charge is 2.17. The van der Waals surface area contributed by atoms with Crippen molar-refractivity contribution < 1.29 is 4.79 Å². The normalized spacial score (nSPS) is 15.1. The molecule has 1 fully saturated rings. The van der Waals surface area contributed by atoms with Crippen LogP contribution in [0.2, 0.25) is 0 Å². The highest BCUT2D eigenvalue weighted by molar-refractivity contribution is 14.0. The van der Waals surface area contributed by atoms with Crippen LogP contribution in [0, 0.1) is 13.8 Å². The third kappa shape index (κ3) is 6.54. The van der Waals surface area contributed by atoms with Crippen molar-refractivity contribution in [2.24, 2.45) is 4.99 Å². The first-order chi connectivity index (χ1) is 11.0. The molecule has 1 heterocycles. The monoisotopic (exact) mass is 465 g/mol. The zero-order valence-electron chi connectivity index (χ0n) is 14.9. The van der Waals surface area contributed by atoms with Crippen molar-refractivity contribution in [1.29, 1.82) is 0 Å². The van der Waals surface area contributed by atoms with Gasteiger partial charge in [0.15, 0.2) is 5.96 Å². The van der Waals surface area contributed by atoms with Crippen molar-refractivity contribution in [1.82, 2.24) is 20.5 Å². The summed E-state index contributed by atoms with van der Waals surface area (Å²) in [4.78, 5) is 23.4. The van der Waals surface area contributed by atoms with Crippen molar-refractivity contribution in [3.05, 3.63) is 15.6 Å². The van der Waals surface area contributed by atoms with E-state index >= 15 is 0 Å². The summed E-state index contributed by atoms with van der Waals surface area (Å²) in [5, 5.41) is 7.88. The Balaban J connectivity index is 0.00000288. The molecule has 1 aromatic rings. The Bertz CT molecular complexity index is 567. The van der Waals surface area contributed by atoms with Gasteiger partial charge >= 0.3 is 0 Å². The highest BCUT2D eigenvalue weighted by Crippen LogP contribution is 2.18. The molecule has 2 N–H and O–H groups in total. The zero-order valence-corrected chi connectivity index (χ0v) is 18.0. The molecule has 1 aromatic heterocycles. The fraction of sp³-hybridized carbons (Fsp3) is 0.688. The number of halogens is 1. The second-order valence-corrected chi connectivity index (χ2v) is 7.46. The van der Waals surface area contributed by atoms with E-state index in [1.165, 1.54) is 30.6 Å². The van der Waals surface area contributed by atoms with Crippen LogP contribution < -0.4 is 10.6 Å². The van der Waals surface area contributed by atoms with E-state index in [4.69, 9.17) is 0 Å². The van der Waals surface area contributed by atoms with E-state index < -0.39 is 0 Å². The van der Waals surface area contributed by atoms with Crippen molar-refractivity contribution in [2.75, 3.05) is 20.6 Å². The summed E-state index contributed by atoms with van der Waals surface area (Å²) in [6.45, 7) is 4.89. The van der Waals surface area contributed by atoms with Gasteiger partial charge in [-0.2, -0.15) is 0 Å². The first-order valence-electron chi connectivity index (χ1n) is 8.13. The van der Waals surface area contributed by atoms with Crippen LogP contribution in [0.1, 0.15) is 41.3 Å². The number of amides is 1. The van der Waals surface area contributed by atoms with Gasteiger partial charge in [0.1, 0.15) is 6.54 Å². The number of guanidine groups is 1. The Hall–Kier alpha value is -0.900. The van der Waals surface area contributed by atoms with Crippen molar-refractivity contribution >= 4 is 47.2 Å². The quantitative estimate of drug-likeness (QED) is 0.398. The molecule has 8 heteroatoms. The second kappa shape index (κ2) is 10.2. The SMILES string of the molecule is Cc1nc(C)c(CNC(=NCC(=O)N(C)C)NC2CCCC2)s1.I. The van der Waals surface area contributed by atoms with Gasteiger partial charge in [0.25, 0.3) is 0 Å². The van der Waals surface area contributed by atoms with Crippen LogP contribution in [0.4, 0.5) is 0 Å². The molecule has 136 valence electrons. The van der Waals surface area contributed by atoms with Crippen LogP contribution in [0.15, 0.2) is 4.99 Å². The van der Waals surface area contributed by atoms with Crippen molar-refractivity contribution in [2.45, 2.75) is 52.1 Å². The lowest BCUT2D eigenvalue weighted by molar-refractivity contribution is -0.127. The Morgan fingerprint density at radius 2 is 2.00 bits per heavy atom. The van der Waals surface area contributed by atoms with E-state index in [-0.39, 0.29) is 36.4 Å². The molecule has 0 spiro atoms. The van der Waals surface area contributed by atoms with E-state index in [0.29, 0.717) is 12.6 Å². The number of carbonyl (C=O) groups excluding carboxylic acids is 1. The number of thiazole rings is 1. The Morgan fingerprint density at radius 1 is 1.33 bits per heavy atom. The largest absolute Gasteiger partial charge is 0.354 e. The fourth-order valence-electron chi connectivity index (χ4n) is 2.61. The predicted molar refractivity (Wildman–Crippen MR) is 110 cm³/mol. The number of hydrogen-bond acceptors (Lipinski definition) is 4. The number of hydrogen-bond donors (Lipinski definition) is 2. The lowest BCUT2D eigenvalue weighted by Crippen LogP contribution is -2.42. The van der Waals surface area contributed by atoms with Gasteiger partial charge in [-0.3, -0.25) is 4.79 Å². The Labute approximate surface area is 165 Å². The number of nitrogens with one attached hydrogen (secondary N) is 2. The maximum absolute atomic E-state index is 11.8. The zero-order chi connectivity index (χ0) is 16.8. The van der Waals surface area contributed by atoms with Crippen LogP contribution in [0.25, 0.3) is 0 Å². The molecule has 0 aliphatic heterocycles. The van der Waals surface area contributed by atoms with Gasteiger partial charge in [-0.1, -0.05) is 12.8 Å². The van der Waals surface area contributed by atoms with Gasteiger partial charge in [-0.15, -0.1) is 35.3 Å². The summed E-state index contributed by atoms with van der Waals surface area (Å²) < 4.78 is 0. The molecule has 0 unspecified atom stereocenters. The Morgan fingerprint density at radius 3 is 2.54 bits per heavy atom. The molecule has 24 heavy (non-hydrogen) atoms. The molecule has 2 rings (SSSR count). The van der Waals surface area contributed by atoms with Gasteiger partial charge in [0, 0.05) is 25.0 Å². The van der Waals surface area contributed by atoms with Gasteiger partial charge in [0.2, 0.25) is 5.91 Å². The van der Waals surface area contributed by atoms with Crippen molar-refractivity contribution in [3.8, 4) is 0 Å². The number of aryl methyl sites for hydroxylation is 2. The summed E-state index contributed by atoms with van der Waals surface area (Å²) in [7, 11) is 3.50. The molecule has 1 aliphatic rings. The average molecular weight is 465 g/mol. The van der Waals surface area contributed by atoms with E-state index in [2.05, 4.69) is 20.6 Å². The maximum atomic E-state index is 11.8. The summed E-state index contributed by atoms with van der Waals surface area (Å²) in [6.07, 6.45) is 4.85. The van der Waals surface area contributed by atoms with E-state index in [1.54, 1.807) is 30.3 Å². The van der Waals surface area contributed by atoms with E-state index in [0.717, 1.165) is 16.7 Å². The summed E-state index contributed by atoms with van der Waals surface area (Å²) in [6, 6.07) is 0.458. The second-order valence-electron chi connectivity index (χ2n) is 6.17. The number of rotatable bonds is 5. The summed E-state index contributed by atoms with van der Waals surface area (Å²) >= 11 is 1.70. The third-order valence-corrected chi connectivity index (χ3v) is 5.06. The van der Waals surface area contributed by atoms with Crippen molar-refractivity contribution in [3.63, 3.8) is 0 Å². The minimum absolute atomic E-state index is 0. The molecule has 0 radical (unpaired) electrons. The minimum Gasteiger partial charge on any atom is -0.354 e. The van der Waals surface area contributed by atoms with Crippen LogP contribution in [-0.4, -0.2) is 48.4 Å². The van der Waals surface area contributed by atoms with Crippen LogP contribution in [-0.2, 0) is 11.3 Å². The van der Waals surface area contributed by atoms with E-state index in [1.807, 2.05) is 13.8 Å². The number of nitrogens with zero attached hydrogens (tertiary/aromatic N) is 3. The molecule has 6 nitrogen and oxygen atoms in total. The average Bonchev–Trinajstić information content (AvgIpc) is 3.11. The minimum atomic E-state index is 0. The smallest absolute Gasteiger partial charge is 0.243 e. The number of aliphatic imine (C=N–C) groups is 1. The van der Waals surface area contributed by atoms with Crippen LogP contribution in [0.5, 0.6) is 0 Å². The topological polar surface area (TPSA) is 69.6 Å². The molecule has 0 aromatic carbocycles. The van der Waals surface area contributed by atoms with Gasteiger partial charge in [0.05, 0.1) is 17.2 Å². The summed E-state index contributed by atoms with van der Waals surface area (Å²) in [5.74, 6) is 0.722. The highest BCUT2D eigenvalue weighted by atomic mass is 127. The number of aromatic nitrogens is 1. The number of likely N-dealkylation sites (N-methyl/N-ethyl adjacent to an activating group) is 1. The number of carbonyl (C=O) groups is 1. The lowest BCUT2D eigenvalue weighted by Gasteiger charge is -2.17. The van der Waals surface area contributed by atoms with Gasteiger partial charge in [-0.05, 0) is 26.7 Å². The molecule has 1 amide bonds. The fourth-order valence-corrected chi connectivity index (χ4v) is 3.48. The molecule has 0 atom stereocenters. The van der Waals surface area contributed by atoms with Gasteiger partial charge < -0.3 is 15.5 Å². The molecule has 0 bridgehead atoms. The third-order valence-electron chi connectivity index (χ3n) is 3.98. The standard InChI is InChI=1S/C16H27N5OS.HI/c1-11-14(23-12(2)19-11)9-17-16(18-10-15(22)21(3)4)20-13-7-5-6-8-13;/h13H,5-10H2,1-4H3,(H2,17,18,20);1H. The lowest BCUT2D eigenvalue weighted by atomic mass is 10.2. The molecule has 1 aliphatic carbocycles. The Kier molecular flexibility index (Phi) is 8.96. The predicted octanol–water partition coefficient (Wildman–Crippen LogP) is 2.44. The van der Waals surface area contributed by atoms with Gasteiger partial charge in [-0.25, -0.2) is 9.98 Å². The first kappa shape index (κ1) is 21.1. The summed E-state index contributed by atoms with van der Waals surface area (Å²) in [5.41, 5.74) is 1.06. The first-order valence-corrected chi connectivity index (χ1v) is 8.95. The maximum Gasteiger partial charge on any atom is 0.243 e. The molecule has 1 saturated carbocycles. The van der Waals surface area contributed by atoms with E-state index in [9.17, 15) is 4.79 Å². The van der Waals surface area contributed by atoms with Crippen LogP contribution in [0.3, 0.4) is 0 Å².